The summed E-state index contributed by atoms with van der Waals surface area (Å²) in [6.45, 7) is 2.05. The molecule has 0 fully saturated rings. The van der Waals surface area contributed by atoms with Gasteiger partial charge in [-0.1, -0.05) is 23.7 Å². The molecule has 2 rings (SSSR count). The molecular formula is C11H12ClNO. The summed E-state index contributed by atoms with van der Waals surface area (Å²) in [6.07, 6.45) is 0. The first-order valence-corrected chi connectivity index (χ1v) is 4.88. The molecule has 1 N–H and O–H groups in total. The number of hydrogen-bond acceptors (Lipinski definition) is 1. The van der Waals surface area contributed by atoms with Gasteiger partial charge in [-0.05, 0) is 18.6 Å². The topological polar surface area (TPSA) is 25.2 Å². The predicted molar refractivity (Wildman–Crippen MR) is 58.6 cm³/mol. The minimum absolute atomic E-state index is 0.0490. The Morgan fingerprint density at radius 1 is 1.43 bits per heavy atom. The van der Waals surface area contributed by atoms with Crippen molar-refractivity contribution >= 4 is 22.5 Å². The van der Waals surface area contributed by atoms with Gasteiger partial charge in [0.2, 0.25) is 0 Å². The fraction of sp³-hybridized carbons (Fsp3) is 0.273. The van der Waals surface area contributed by atoms with E-state index in [1.54, 1.807) is 0 Å². The number of hydrogen-bond donors (Lipinski definition) is 1. The van der Waals surface area contributed by atoms with E-state index in [1.807, 2.05) is 36.7 Å². The molecule has 0 bridgehead atoms. The molecule has 1 aromatic heterocycles. The van der Waals surface area contributed by atoms with Crippen LogP contribution < -0.4 is 0 Å². The van der Waals surface area contributed by atoms with E-state index in [2.05, 4.69) is 0 Å². The molecule has 0 radical (unpaired) electrons. The number of benzene rings is 1. The maximum absolute atomic E-state index is 9.23. The average Bonchev–Trinajstić information content (AvgIpc) is 2.41. The van der Waals surface area contributed by atoms with E-state index in [0.29, 0.717) is 0 Å². The fourth-order valence-electron chi connectivity index (χ4n) is 1.93. The normalized spacial score (nSPS) is 11.1. The van der Waals surface area contributed by atoms with Gasteiger partial charge >= 0.3 is 0 Å². The molecule has 0 unspecified atom stereocenters. The van der Waals surface area contributed by atoms with E-state index < -0.39 is 0 Å². The smallest absolute Gasteiger partial charge is 0.0835 e. The van der Waals surface area contributed by atoms with Gasteiger partial charge < -0.3 is 9.67 Å². The van der Waals surface area contributed by atoms with Crippen molar-refractivity contribution in [3.8, 4) is 0 Å². The van der Waals surface area contributed by atoms with Crippen LogP contribution in [0.1, 0.15) is 11.3 Å². The summed E-state index contributed by atoms with van der Waals surface area (Å²) >= 11 is 6.10. The number of para-hydroxylation sites is 1. The highest BCUT2D eigenvalue weighted by Crippen LogP contribution is 2.29. The number of rotatable bonds is 1. The molecular weight excluding hydrogens is 198 g/mol. The van der Waals surface area contributed by atoms with E-state index in [0.717, 1.165) is 27.2 Å². The van der Waals surface area contributed by atoms with Crippen molar-refractivity contribution in [1.82, 2.24) is 4.57 Å². The Morgan fingerprint density at radius 3 is 2.71 bits per heavy atom. The molecule has 0 aliphatic rings. The zero-order valence-electron chi connectivity index (χ0n) is 8.21. The Morgan fingerprint density at radius 2 is 2.14 bits per heavy atom. The summed E-state index contributed by atoms with van der Waals surface area (Å²) in [6, 6.07) is 5.82. The van der Waals surface area contributed by atoms with Gasteiger partial charge in [-0.25, -0.2) is 0 Å². The molecule has 0 saturated carbocycles. The Labute approximate surface area is 87.7 Å². The monoisotopic (exact) mass is 209 g/mol. The first-order chi connectivity index (χ1) is 6.66. The third kappa shape index (κ3) is 1.15. The highest BCUT2D eigenvalue weighted by molar-refractivity contribution is 6.35. The van der Waals surface area contributed by atoms with Gasteiger partial charge in [0.15, 0.2) is 0 Å². The van der Waals surface area contributed by atoms with Crippen molar-refractivity contribution in [3.63, 3.8) is 0 Å². The lowest BCUT2D eigenvalue weighted by Crippen LogP contribution is -1.96. The number of fused-ring (bicyclic) bond motifs is 1. The highest BCUT2D eigenvalue weighted by atomic mass is 35.5. The van der Waals surface area contributed by atoms with Gasteiger partial charge in [0.1, 0.15) is 0 Å². The molecule has 0 saturated heterocycles. The van der Waals surface area contributed by atoms with Gasteiger partial charge in [-0.2, -0.15) is 0 Å². The maximum atomic E-state index is 9.23. The number of aryl methyl sites for hydroxylation is 2. The number of aromatic nitrogens is 1. The standard InChI is InChI=1S/C11H12ClNO/c1-7-8-4-3-5-9(12)11(8)13(2)10(7)6-14/h3-5,14H,6H2,1-2H3. The first-order valence-electron chi connectivity index (χ1n) is 4.50. The second-order valence-electron chi connectivity index (χ2n) is 3.42. The van der Waals surface area contributed by atoms with Crippen molar-refractivity contribution in [2.45, 2.75) is 13.5 Å². The van der Waals surface area contributed by atoms with Crippen molar-refractivity contribution in [2.75, 3.05) is 0 Å². The summed E-state index contributed by atoms with van der Waals surface area (Å²) in [7, 11) is 1.92. The molecule has 14 heavy (non-hydrogen) atoms. The molecule has 3 heteroatoms. The molecule has 0 atom stereocenters. The van der Waals surface area contributed by atoms with E-state index in [4.69, 9.17) is 11.6 Å². The van der Waals surface area contributed by atoms with Crippen LogP contribution in [0, 0.1) is 6.92 Å². The van der Waals surface area contributed by atoms with Crippen molar-refractivity contribution in [1.29, 1.82) is 0 Å². The number of halogens is 1. The zero-order chi connectivity index (χ0) is 10.3. The Kier molecular flexibility index (Phi) is 2.25. The third-order valence-corrected chi connectivity index (χ3v) is 3.02. The Hall–Kier alpha value is -0.990. The zero-order valence-corrected chi connectivity index (χ0v) is 8.97. The van der Waals surface area contributed by atoms with Crippen LogP contribution in [0.25, 0.3) is 10.9 Å². The maximum Gasteiger partial charge on any atom is 0.0835 e. The van der Waals surface area contributed by atoms with Gasteiger partial charge in [0, 0.05) is 18.1 Å². The summed E-state index contributed by atoms with van der Waals surface area (Å²) in [5, 5.41) is 11.1. The van der Waals surface area contributed by atoms with Crippen LogP contribution in [-0.2, 0) is 13.7 Å². The minimum Gasteiger partial charge on any atom is -0.390 e. The molecule has 0 aliphatic carbocycles. The van der Waals surface area contributed by atoms with Crippen LogP contribution in [-0.4, -0.2) is 9.67 Å². The van der Waals surface area contributed by atoms with Crippen LogP contribution in [0.15, 0.2) is 18.2 Å². The van der Waals surface area contributed by atoms with Crippen LogP contribution in [0.4, 0.5) is 0 Å². The quantitative estimate of drug-likeness (QED) is 0.768. The van der Waals surface area contributed by atoms with Crippen molar-refractivity contribution < 1.29 is 5.11 Å². The largest absolute Gasteiger partial charge is 0.390 e. The van der Waals surface area contributed by atoms with E-state index >= 15 is 0 Å². The molecule has 0 amide bonds. The lowest BCUT2D eigenvalue weighted by atomic mass is 10.1. The van der Waals surface area contributed by atoms with E-state index in [1.165, 1.54) is 0 Å². The summed E-state index contributed by atoms with van der Waals surface area (Å²) in [5.41, 5.74) is 3.02. The number of nitrogens with zero attached hydrogens (tertiary/aromatic N) is 1. The molecule has 2 nitrogen and oxygen atoms in total. The van der Waals surface area contributed by atoms with Crippen molar-refractivity contribution in [3.05, 3.63) is 34.5 Å². The van der Waals surface area contributed by atoms with Gasteiger partial charge in [-0.15, -0.1) is 0 Å². The Balaban J connectivity index is 2.94. The molecule has 0 aliphatic heterocycles. The number of aliphatic hydroxyl groups excluding tert-OH is 1. The van der Waals surface area contributed by atoms with Crippen LogP contribution in [0.5, 0.6) is 0 Å². The molecule has 0 spiro atoms. The fourth-order valence-corrected chi connectivity index (χ4v) is 2.23. The SMILES string of the molecule is Cc1c(CO)n(C)c2c(Cl)cccc12. The first kappa shape index (κ1) is 9.56. The molecule has 2 aromatic rings. The summed E-state index contributed by atoms with van der Waals surface area (Å²) in [4.78, 5) is 0. The van der Waals surface area contributed by atoms with Gasteiger partial charge in [0.05, 0.1) is 17.1 Å². The predicted octanol–water partition coefficient (Wildman–Crippen LogP) is 2.63. The average molecular weight is 210 g/mol. The third-order valence-electron chi connectivity index (χ3n) is 2.71. The Bertz CT molecular complexity index is 487. The van der Waals surface area contributed by atoms with Crippen LogP contribution in [0.2, 0.25) is 5.02 Å². The lowest BCUT2D eigenvalue weighted by molar-refractivity contribution is 0.272. The van der Waals surface area contributed by atoms with Crippen LogP contribution in [0.3, 0.4) is 0 Å². The van der Waals surface area contributed by atoms with Gasteiger partial charge in [0.25, 0.3) is 0 Å². The second kappa shape index (κ2) is 3.30. The summed E-state index contributed by atoms with van der Waals surface area (Å²) < 4.78 is 1.95. The summed E-state index contributed by atoms with van der Waals surface area (Å²) in [5.74, 6) is 0. The minimum atomic E-state index is 0.0490. The van der Waals surface area contributed by atoms with E-state index in [9.17, 15) is 5.11 Å². The molecule has 1 aromatic carbocycles. The van der Waals surface area contributed by atoms with Crippen LogP contribution >= 0.6 is 11.6 Å². The lowest BCUT2D eigenvalue weighted by Gasteiger charge is -2.01. The van der Waals surface area contributed by atoms with Crippen molar-refractivity contribution in [2.24, 2.45) is 7.05 Å². The second-order valence-corrected chi connectivity index (χ2v) is 3.83. The van der Waals surface area contributed by atoms with Gasteiger partial charge in [-0.3, -0.25) is 0 Å². The molecule has 1 heterocycles. The number of aliphatic hydroxyl groups is 1. The molecule has 74 valence electrons. The van der Waals surface area contributed by atoms with E-state index in [-0.39, 0.29) is 6.61 Å². The highest BCUT2D eigenvalue weighted by Gasteiger charge is 2.12.